The van der Waals surface area contributed by atoms with Gasteiger partial charge in [-0.1, -0.05) is 20.3 Å². The number of hydrogen-bond acceptors (Lipinski definition) is 4. The average Bonchev–Trinajstić information content (AvgIpc) is 2.16. The molecule has 4 heteroatoms. The molecule has 0 spiro atoms. The standard InChI is InChI=1S/C14H24N2O2/c1-12(2,14(5,6)16-11-18)8-7-9-13(3,4)15-10-17/h7-9H2,1-6H3. The van der Waals surface area contributed by atoms with Gasteiger partial charge in [-0.25, -0.2) is 9.59 Å². The maximum atomic E-state index is 10.4. The lowest BCUT2D eigenvalue weighted by Crippen LogP contribution is -2.37. The number of carbonyl (C=O) groups excluding carboxylic acids is 2. The minimum absolute atomic E-state index is 0.106. The van der Waals surface area contributed by atoms with E-state index in [1.807, 2.05) is 27.7 Å². The molecule has 0 N–H and O–H groups in total. The van der Waals surface area contributed by atoms with E-state index in [4.69, 9.17) is 0 Å². The van der Waals surface area contributed by atoms with E-state index >= 15 is 0 Å². The average molecular weight is 252 g/mol. The molecule has 0 bridgehead atoms. The second kappa shape index (κ2) is 6.08. The fraction of sp³-hybridized carbons (Fsp3) is 0.857. The first-order valence-corrected chi connectivity index (χ1v) is 6.26. The number of isocyanates is 2. The van der Waals surface area contributed by atoms with Crippen LogP contribution in [0.5, 0.6) is 0 Å². The van der Waals surface area contributed by atoms with Crippen LogP contribution in [0.25, 0.3) is 0 Å². The number of aliphatic imine (C=N–C) groups is 2. The van der Waals surface area contributed by atoms with E-state index in [1.165, 1.54) is 0 Å². The summed E-state index contributed by atoms with van der Waals surface area (Å²) in [6, 6.07) is 0. The lowest BCUT2D eigenvalue weighted by Gasteiger charge is -2.38. The summed E-state index contributed by atoms with van der Waals surface area (Å²) in [7, 11) is 0. The maximum Gasteiger partial charge on any atom is 0.235 e. The summed E-state index contributed by atoms with van der Waals surface area (Å²) in [4.78, 5) is 28.4. The van der Waals surface area contributed by atoms with Crippen molar-refractivity contribution >= 4 is 12.2 Å². The third-order valence-corrected chi connectivity index (χ3v) is 3.92. The van der Waals surface area contributed by atoms with E-state index in [0.717, 1.165) is 19.3 Å². The van der Waals surface area contributed by atoms with Crippen molar-refractivity contribution in [3.8, 4) is 0 Å². The lowest BCUT2D eigenvalue weighted by molar-refractivity contribution is 0.178. The van der Waals surface area contributed by atoms with Crippen LogP contribution < -0.4 is 0 Å². The SMILES string of the molecule is CC(C)(CCCC(C)(C)C(C)(C)N=C=O)N=C=O. The highest BCUT2D eigenvalue weighted by Gasteiger charge is 2.36. The monoisotopic (exact) mass is 252 g/mol. The zero-order chi connectivity index (χ0) is 14.4. The third-order valence-electron chi connectivity index (χ3n) is 3.92. The first-order valence-electron chi connectivity index (χ1n) is 6.26. The molecule has 18 heavy (non-hydrogen) atoms. The molecule has 0 aliphatic rings. The third kappa shape index (κ3) is 4.95. The first-order chi connectivity index (χ1) is 8.08. The molecule has 0 saturated heterocycles. The highest BCUT2D eigenvalue weighted by atomic mass is 16.1. The predicted molar refractivity (Wildman–Crippen MR) is 72.0 cm³/mol. The van der Waals surface area contributed by atoms with Crippen LogP contribution in [0.2, 0.25) is 0 Å². The summed E-state index contributed by atoms with van der Waals surface area (Å²) in [6.07, 6.45) is 5.89. The number of rotatable bonds is 7. The molecule has 4 nitrogen and oxygen atoms in total. The van der Waals surface area contributed by atoms with Crippen molar-refractivity contribution in [1.82, 2.24) is 0 Å². The van der Waals surface area contributed by atoms with Gasteiger partial charge in [-0.3, -0.25) is 0 Å². The summed E-state index contributed by atoms with van der Waals surface area (Å²) in [5, 5.41) is 0. The Morgan fingerprint density at radius 3 is 1.78 bits per heavy atom. The molecular formula is C14H24N2O2. The minimum atomic E-state index is -0.438. The Balaban J connectivity index is 4.54. The normalized spacial score (nSPS) is 12.6. The Morgan fingerprint density at radius 1 is 0.833 bits per heavy atom. The van der Waals surface area contributed by atoms with Crippen molar-refractivity contribution in [2.75, 3.05) is 0 Å². The van der Waals surface area contributed by atoms with Gasteiger partial charge < -0.3 is 0 Å². The summed E-state index contributed by atoms with van der Waals surface area (Å²) in [6.45, 7) is 11.9. The predicted octanol–water partition coefficient (Wildman–Crippen LogP) is 3.41. The van der Waals surface area contributed by atoms with E-state index in [1.54, 1.807) is 12.2 Å². The van der Waals surface area contributed by atoms with Crippen LogP contribution in [0.1, 0.15) is 60.8 Å². The quantitative estimate of drug-likeness (QED) is 0.515. The Labute approximate surface area is 110 Å². The molecule has 0 saturated carbocycles. The zero-order valence-electron chi connectivity index (χ0n) is 12.3. The van der Waals surface area contributed by atoms with Gasteiger partial charge in [0.2, 0.25) is 12.2 Å². The summed E-state index contributed by atoms with van der Waals surface area (Å²) in [5.41, 5.74) is -0.909. The van der Waals surface area contributed by atoms with E-state index in [9.17, 15) is 9.59 Å². The molecule has 0 rings (SSSR count). The van der Waals surface area contributed by atoms with Crippen molar-refractivity contribution in [1.29, 1.82) is 0 Å². The van der Waals surface area contributed by atoms with E-state index in [0.29, 0.717) is 0 Å². The molecule has 0 aromatic carbocycles. The number of hydrogen-bond donors (Lipinski definition) is 0. The van der Waals surface area contributed by atoms with Gasteiger partial charge in [-0.2, -0.15) is 9.98 Å². The molecule has 0 atom stereocenters. The zero-order valence-corrected chi connectivity index (χ0v) is 12.3. The van der Waals surface area contributed by atoms with Gasteiger partial charge in [0.05, 0.1) is 11.1 Å². The fourth-order valence-electron chi connectivity index (χ4n) is 1.71. The fourth-order valence-corrected chi connectivity index (χ4v) is 1.71. The molecule has 0 radical (unpaired) electrons. The van der Waals surface area contributed by atoms with Crippen molar-refractivity contribution in [3.63, 3.8) is 0 Å². The Kier molecular flexibility index (Phi) is 5.66. The molecule has 0 heterocycles. The van der Waals surface area contributed by atoms with E-state index < -0.39 is 5.54 Å². The molecule has 0 aromatic heterocycles. The van der Waals surface area contributed by atoms with Gasteiger partial charge >= 0.3 is 0 Å². The first kappa shape index (κ1) is 16.8. The van der Waals surface area contributed by atoms with E-state index in [2.05, 4.69) is 23.8 Å². The highest BCUT2D eigenvalue weighted by molar-refractivity contribution is 5.35. The number of nitrogens with zero attached hydrogens (tertiary/aromatic N) is 2. The van der Waals surface area contributed by atoms with Gasteiger partial charge in [0, 0.05) is 0 Å². The van der Waals surface area contributed by atoms with Gasteiger partial charge in [0.1, 0.15) is 0 Å². The van der Waals surface area contributed by atoms with Crippen molar-refractivity contribution in [3.05, 3.63) is 0 Å². The molecule has 0 aliphatic carbocycles. The Morgan fingerprint density at radius 2 is 1.33 bits per heavy atom. The van der Waals surface area contributed by atoms with Crippen LogP contribution in [0.3, 0.4) is 0 Å². The Bertz CT molecular complexity index is 371. The van der Waals surface area contributed by atoms with Crippen LogP contribution in [0, 0.1) is 5.41 Å². The Hall–Kier alpha value is -1.24. The topological polar surface area (TPSA) is 58.9 Å². The van der Waals surface area contributed by atoms with Crippen molar-refractivity contribution in [2.45, 2.75) is 71.9 Å². The highest BCUT2D eigenvalue weighted by Crippen LogP contribution is 2.38. The maximum absolute atomic E-state index is 10.4. The second-order valence-corrected chi connectivity index (χ2v) is 6.52. The second-order valence-electron chi connectivity index (χ2n) is 6.52. The van der Waals surface area contributed by atoms with Crippen molar-refractivity contribution < 1.29 is 9.59 Å². The largest absolute Gasteiger partial charge is 0.235 e. The lowest BCUT2D eigenvalue weighted by atomic mass is 9.71. The van der Waals surface area contributed by atoms with Gasteiger partial charge in [-0.05, 0) is 46.0 Å². The van der Waals surface area contributed by atoms with Gasteiger partial charge in [0.25, 0.3) is 0 Å². The van der Waals surface area contributed by atoms with E-state index in [-0.39, 0.29) is 11.0 Å². The molecule has 0 unspecified atom stereocenters. The van der Waals surface area contributed by atoms with Crippen LogP contribution >= 0.6 is 0 Å². The summed E-state index contributed by atoms with van der Waals surface area (Å²) >= 11 is 0. The molecule has 102 valence electrons. The van der Waals surface area contributed by atoms with Crippen LogP contribution in [0.15, 0.2) is 9.98 Å². The summed E-state index contributed by atoms with van der Waals surface area (Å²) in [5.74, 6) is 0. The molecule has 0 fully saturated rings. The van der Waals surface area contributed by atoms with Gasteiger partial charge in [0.15, 0.2) is 0 Å². The van der Waals surface area contributed by atoms with Crippen LogP contribution in [0.4, 0.5) is 0 Å². The minimum Gasteiger partial charge on any atom is -0.211 e. The van der Waals surface area contributed by atoms with Crippen LogP contribution in [-0.4, -0.2) is 23.2 Å². The molecular weight excluding hydrogens is 228 g/mol. The van der Waals surface area contributed by atoms with Crippen molar-refractivity contribution in [2.24, 2.45) is 15.4 Å². The van der Waals surface area contributed by atoms with Crippen LogP contribution in [-0.2, 0) is 9.59 Å². The molecule has 0 aromatic rings. The smallest absolute Gasteiger partial charge is 0.211 e. The summed E-state index contributed by atoms with van der Waals surface area (Å²) < 4.78 is 0. The molecule has 0 amide bonds. The molecule has 0 aliphatic heterocycles. The van der Waals surface area contributed by atoms with Gasteiger partial charge in [-0.15, -0.1) is 0 Å².